The van der Waals surface area contributed by atoms with E-state index >= 15 is 0 Å². The maximum absolute atomic E-state index is 10.9. The lowest BCUT2D eigenvalue weighted by Crippen LogP contribution is -2.01. The Labute approximate surface area is 81.2 Å². The summed E-state index contributed by atoms with van der Waals surface area (Å²) in [4.78, 5) is 12.2. The molecule has 1 aromatic heterocycles. The number of carboxylic acids is 1. The Balaban J connectivity index is 2.46. The van der Waals surface area contributed by atoms with Gasteiger partial charge in [-0.3, -0.25) is 0 Å². The van der Waals surface area contributed by atoms with Gasteiger partial charge >= 0.3 is 5.97 Å². The predicted octanol–water partition coefficient (Wildman–Crippen LogP) is 2.89. The van der Waals surface area contributed by atoms with Crippen LogP contribution in [0.5, 0.6) is 0 Å². The zero-order valence-corrected chi connectivity index (χ0v) is 8.36. The molecule has 1 N–H and O–H groups in total. The summed E-state index contributed by atoms with van der Waals surface area (Å²) in [5.74, 6) is -0.273. The molecule has 70 valence electrons. The average molecular weight is 196 g/mol. The van der Waals surface area contributed by atoms with Crippen molar-refractivity contribution in [1.82, 2.24) is 0 Å². The van der Waals surface area contributed by atoms with Crippen molar-refractivity contribution in [2.75, 3.05) is 0 Å². The molecule has 1 aliphatic carbocycles. The summed E-state index contributed by atoms with van der Waals surface area (Å²) >= 11 is 1.61. The van der Waals surface area contributed by atoms with Crippen molar-refractivity contribution in [3.63, 3.8) is 0 Å². The fourth-order valence-electron chi connectivity index (χ4n) is 2.07. The molecular weight excluding hydrogens is 184 g/mol. The Hall–Kier alpha value is -0.830. The molecule has 3 heteroatoms. The number of aromatic carboxylic acids is 1. The van der Waals surface area contributed by atoms with Crippen molar-refractivity contribution in [3.8, 4) is 0 Å². The van der Waals surface area contributed by atoms with E-state index in [0.29, 0.717) is 11.5 Å². The summed E-state index contributed by atoms with van der Waals surface area (Å²) in [6.07, 6.45) is 3.27. The predicted molar refractivity (Wildman–Crippen MR) is 52.6 cm³/mol. The van der Waals surface area contributed by atoms with E-state index in [2.05, 4.69) is 6.92 Å². The third-order valence-corrected chi connectivity index (χ3v) is 3.82. The van der Waals surface area contributed by atoms with Gasteiger partial charge in [-0.1, -0.05) is 6.92 Å². The molecule has 1 unspecified atom stereocenters. The molecule has 13 heavy (non-hydrogen) atoms. The van der Waals surface area contributed by atoms with Crippen LogP contribution < -0.4 is 0 Å². The lowest BCUT2D eigenvalue weighted by Gasteiger charge is -2.06. The monoisotopic (exact) mass is 196 g/mol. The Bertz CT molecular complexity index is 341. The Morgan fingerprint density at radius 3 is 3.15 bits per heavy atom. The number of fused-ring (bicyclic) bond motifs is 1. The van der Waals surface area contributed by atoms with Crippen molar-refractivity contribution in [2.45, 2.75) is 32.1 Å². The van der Waals surface area contributed by atoms with Crippen LogP contribution in [0.1, 0.15) is 46.5 Å². The van der Waals surface area contributed by atoms with Crippen molar-refractivity contribution < 1.29 is 9.90 Å². The molecule has 1 heterocycles. The number of thiophene rings is 1. The first kappa shape index (κ1) is 8.75. The van der Waals surface area contributed by atoms with Crippen LogP contribution in [0.25, 0.3) is 0 Å². The third kappa shape index (κ3) is 1.27. The van der Waals surface area contributed by atoms with E-state index in [1.54, 1.807) is 16.7 Å². The van der Waals surface area contributed by atoms with Gasteiger partial charge in [-0.05, 0) is 30.7 Å². The van der Waals surface area contributed by atoms with Crippen LogP contribution in [-0.2, 0) is 6.42 Å². The molecule has 1 aromatic rings. The first-order valence-electron chi connectivity index (χ1n) is 4.57. The van der Waals surface area contributed by atoms with Crippen LogP contribution in [0, 0.1) is 0 Å². The molecule has 0 saturated heterocycles. The van der Waals surface area contributed by atoms with Crippen molar-refractivity contribution in [2.24, 2.45) is 0 Å². The maximum atomic E-state index is 10.9. The minimum atomic E-state index is -0.766. The van der Waals surface area contributed by atoms with E-state index in [0.717, 1.165) is 24.8 Å². The zero-order valence-electron chi connectivity index (χ0n) is 7.54. The van der Waals surface area contributed by atoms with Gasteiger partial charge in [-0.15, -0.1) is 11.3 Å². The highest BCUT2D eigenvalue weighted by atomic mass is 32.1. The first-order chi connectivity index (χ1) is 6.24. The average Bonchev–Trinajstić information content (AvgIpc) is 2.61. The summed E-state index contributed by atoms with van der Waals surface area (Å²) in [6, 6.07) is 0. The molecule has 0 amide bonds. The number of carbonyl (C=O) groups is 1. The molecule has 0 aliphatic heterocycles. The standard InChI is InChI=1S/C10H12O2S/c1-2-6-3-4-8-9(6)7(5-13-8)10(11)12/h5-6H,2-4H2,1H3,(H,11,12). The SMILES string of the molecule is CCC1CCc2scc(C(=O)O)c21. The summed E-state index contributed by atoms with van der Waals surface area (Å²) in [7, 11) is 0. The minimum Gasteiger partial charge on any atom is -0.478 e. The van der Waals surface area contributed by atoms with Gasteiger partial charge < -0.3 is 5.11 Å². The Morgan fingerprint density at radius 1 is 1.77 bits per heavy atom. The smallest absolute Gasteiger partial charge is 0.336 e. The largest absolute Gasteiger partial charge is 0.478 e. The molecule has 0 aromatic carbocycles. The minimum absolute atomic E-state index is 0.493. The fourth-order valence-corrected chi connectivity index (χ4v) is 3.20. The van der Waals surface area contributed by atoms with Gasteiger partial charge in [0.05, 0.1) is 5.56 Å². The third-order valence-electron chi connectivity index (χ3n) is 2.76. The van der Waals surface area contributed by atoms with Gasteiger partial charge in [0.1, 0.15) is 0 Å². The fraction of sp³-hybridized carbons (Fsp3) is 0.500. The highest BCUT2D eigenvalue weighted by Crippen LogP contribution is 2.41. The lowest BCUT2D eigenvalue weighted by atomic mass is 9.97. The molecule has 0 spiro atoms. The summed E-state index contributed by atoms with van der Waals surface area (Å²) in [6.45, 7) is 2.13. The highest BCUT2D eigenvalue weighted by Gasteiger charge is 2.28. The quantitative estimate of drug-likeness (QED) is 0.789. The topological polar surface area (TPSA) is 37.3 Å². The molecule has 0 saturated carbocycles. The Morgan fingerprint density at radius 2 is 2.54 bits per heavy atom. The van der Waals surface area contributed by atoms with Gasteiger partial charge in [0.25, 0.3) is 0 Å². The summed E-state index contributed by atoms with van der Waals surface area (Å²) in [5, 5.41) is 10.7. The van der Waals surface area contributed by atoms with Crippen molar-refractivity contribution in [3.05, 3.63) is 21.4 Å². The van der Waals surface area contributed by atoms with E-state index in [9.17, 15) is 4.79 Å². The molecule has 2 rings (SSSR count). The molecule has 1 atom stereocenters. The van der Waals surface area contributed by atoms with Crippen molar-refractivity contribution >= 4 is 17.3 Å². The van der Waals surface area contributed by atoms with Crippen LogP contribution >= 0.6 is 11.3 Å². The zero-order chi connectivity index (χ0) is 9.42. The number of rotatable bonds is 2. The summed E-state index contributed by atoms with van der Waals surface area (Å²) < 4.78 is 0. The van der Waals surface area contributed by atoms with Gasteiger partial charge in [-0.2, -0.15) is 0 Å². The normalized spacial score (nSPS) is 20.2. The second kappa shape index (κ2) is 3.14. The Kier molecular flexibility index (Phi) is 2.12. The van der Waals surface area contributed by atoms with E-state index in [1.807, 2.05) is 0 Å². The van der Waals surface area contributed by atoms with Crippen LogP contribution in [0.4, 0.5) is 0 Å². The van der Waals surface area contributed by atoms with Gasteiger partial charge in [0, 0.05) is 10.3 Å². The molecule has 0 radical (unpaired) electrons. The van der Waals surface area contributed by atoms with E-state index < -0.39 is 5.97 Å². The molecule has 1 aliphatic rings. The van der Waals surface area contributed by atoms with Crippen LogP contribution in [0.15, 0.2) is 5.38 Å². The highest BCUT2D eigenvalue weighted by molar-refractivity contribution is 7.10. The second-order valence-corrected chi connectivity index (χ2v) is 4.40. The van der Waals surface area contributed by atoms with Crippen molar-refractivity contribution in [1.29, 1.82) is 0 Å². The van der Waals surface area contributed by atoms with Crippen LogP contribution in [-0.4, -0.2) is 11.1 Å². The lowest BCUT2D eigenvalue weighted by molar-refractivity contribution is 0.0696. The molecule has 2 nitrogen and oxygen atoms in total. The van der Waals surface area contributed by atoms with E-state index in [4.69, 9.17) is 5.11 Å². The van der Waals surface area contributed by atoms with Gasteiger partial charge in [-0.25, -0.2) is 4.79 Å². The van der Waals surface area contributed by atoms with E-state index in [1.165, 1.54) is 4.88 Å². The summed E-state index contributed by atoms with van der Waals surface area (Å²) in [5.41, 5.74) is 1.67. The first-order valence-corrected chi connectivity index (χ1v) is 5.45. The molecular formula is C10H12O2S. The van der Waals surface area contributed by atoms with E-state index in [-0.39, 0.29) is 0 Å². The second-order valence-electron chi connectivity index (χ2n) is 3.44. The number of aryl methyl sites for hydroxylation is 1. The van der Waals surface area contributed by atoms with Crippen LogP contribution in [0.2, 0.25) is 0 Å². The number of hydrogen-bond acceptors (Lipinski definition) is 2. The number of carboxylic acid groups (broad SMARTS) is 1. The van der Waals surface area contributed by atoms with Gasteiger partial charge in [0.2, 0.25) is 0 Å². The van der Waals surface area contributed by atoms with Gasteiger partial charge in [0.15, 0.2) is 0 Å². The van der Waals surface area contributed by atoms with Crippen LogP contribution in [0.3, 0.4) is 0 Å². The maximum Gasteiger partial charge on any atom is 0.336 e. The molecule has 0 fully saturated rings. The molecule has 0 bridgehead atoms. The number of hydrogen-bond donors (Lipinski definition) is 1.